The van der Waals surface area contributed by atoms with E-state index in [2.05, 4.69) is 5.32 Å². The van der Waals surface area contributed by atoms with Crippen molar-refractivity contribution >= 4 is 11.9 Å². The lowest BCUT2D eigenvalue weighted by atomic mass is 10.1. The Morgan fingerprint density at radius 2 is 1.81 bits per heavy atom. The lowest BCUT2D eigenvalue weighted by molar-refractivity contribution is -0.137. The van der Waals surface area contributed by atoms with Gasteiger partial charge in [0.25, 0.3) is 0 Å². The van der Waals surface area contributed by atoms with E-state index in [9.17, 15) is 14.7 Å². The molecule has 5 heteroatoms. The number of carbonyl (C=O) groups is 2. The van der Waals surface area contributed by atoms with Crippen LogP contribution in [0.3, 0.4) is 0 Å². The Morgan fingerprint density at radius 1 is 1.10 bits per heavy atom. The molecule has 1 atom stereocenters. The smallest absolute Gasteiger partial charge is 0.303 e. The average Bonchev–Trinajstić information content (AvgIpc) is 2.47. The van der Waals surface area contributed by atoms with Crippen molar-refractivity contribution in [3.05, 3.63) is 35.9 Å². The number of nitrogens with one attached hydrogen (secondary N) is 1. The van der Waals surface area contributed by atoms with Gasteiger partial charge in [0.2, 0.25) is 5.91 Å². The number of aliphatic carboxylic acids is 1. The van der Waals surface area contributed by atoms with Gasteiger partial charge in [-0.1, -0.05) is 30.3 Å². The van der Waals surface area contributed by atoms with E-state index < -0.39 is 12.1 Å². The van der Waals surface area contributed by atoms with Gasteiger partial charge in [-0.3, -0.25) is 9.59 Å². The number of benzene rings is 1. The summed E-state index contributed by atoms with van der Waals surface area (Å²) < 4.78 is 0. The molecule has 0 heterocycles. The van der Waals surface area contributed by atoms with Crippen molar-refractivity contribution in [2.75, 3.05) is 6.54 Å². The van der Waals surface area contributed by atoms with Crippen LogP contribution in [0.25, 0.3) is 0 Å². The zero-order valence-electron chi connectivity index (χ0n) is 12.1. The maximum Gasteiger partial charge on any atom is 0.303 e. The number of carbonyl (C=O) groups excluding carboxylic acids is 1. The van der Waals surface area contributed by atoms with Crippen molar-refractivity contribution < 1.29 is 19.8 Å². The van der Waals surface area contributed by atoms with Crippen molar-refractivity contribution in [1.82, 2.24) is 5.32 Å². The zero-order valence-corrected chi connectivity index (χ0v) is 12.1. The van der Waals surface area contributed by atoms with Gasteiger partial charge in [0, 0.05) is 13.0 Å². The molecule has 5 nitrogen and oxygen atoms in total. The Balaban J connectivity index is 2.09. The van der Waals surface area contributed by atoms with E-state index in [1.807, 2.05) is 30.3 Å². The van der Waals surface area contributed by atoms with Crippen LogP contribution < -0.4 is 5.32 Å². The molecule has 3 N–H and O–H groups in total. The molecule has 0 aliphatic carbocycles. The van der Waals surface area contributed by atoms with Crippen LogP contribution in [-0.4, -0.2) is 34.7 Å². The number of carboxylic acid groups (broad SMARTS) is 1. The summed E-state index contributed by atoms with van der Waals surface area (Å²) in [7, 11) is 0. The molecule has 0 bridgehead atoms. The van der Waals surface area contributed by atoms with Crippen LogP contribution in [0, 0.1) is 0 Å². The minimum Gasteiger partial charge on any atom is -0.481 e. The molecule has 0 aliphatic heterocycles. The third-order valence-corrected chi connectivity index (χ3v) is 3.21. The van der Waals surface area contributed by atoms with E-state index in [0.717, 1.165) is 12.8 Å². The highest BCUT2D eigenvalue weighted by atomic mass is 16.4. The predicted octanol–water partition coefficient (Wildman–Crippen LogP) is 1.74. The fourth-order valence-electron chi connectivity index (χ4n) is 2.01. The number of aliphatic hydroxyl groups excluding tert-OH is 1. The van der Waals surface area contributed by atoms with Crippen LogP contribution in [0.1, 0.15) is 37.7 Å². The van der Waals surface area contributed by atoms with Gasteiger partial charge in [-0.15, -0.1) is 0 Å². The second kappa shape index (κ2) is 9.94. The predicted molar refractivity (Wildman–Crippen MR) is 79.9 cm³/mol. The van der Waals surface area contributed by atoms with E-state index in [0.29, 0.717) is 25.8 Å². The zero-order chi connectivity index (χ0) is 15.5. The lowest BCUT2D eigenvalue weighted by Crippen LogP contribution is -2.35. The number of aliphatic hydroxyl groups is 1. The van der Waals surface area contributed by atoms with Gasteiger partial charge in [0.1, 0.15) is 6.10 Å². The van der Waals surface area contributed by atoms with E-state index in [-0.39, 0.29) is 12.3 Å². The van der Waals surface area contributed by atoms with Crippen LogP contribution in [0.2, 0.25) is 0 Å². The van der Waals surface area contributed by atoms with Gasteiger partial charge in [0.05, 0.1) is 0 Å². The van der Waals surface area contributed by atoms with Crippen molar-refractivity contribution in [1.29, 1.82) is 0 Å². The molecular weight excluding hydrogens is 270 g/mol. The molecule has 0 aliphatic rings. The summed E-state index contributed by atoms with van der Waals surface area (Å²) in [5, 5.41) is 20.8. The fraction of sp³-hybridized carbons (Fsp3) is 0.500. The van der Waals surface area contributed by atoms with Gasteiger partial charge >= 0.3 is 5.97 Å². The third-order valence-electron chi connectivity index (χ3n) is 3.21. The summed E-state index contributed by atoms with van der Waals surface area (Å²) in [5.41, 5.74) is 1.19. The minimum atomic E-state index is -0.992. The molecule has 21 heavy (non-hydrogen) atoms. The molecule has 0 saturated heterocycles. The second-order valence-electron chi connectivity index (χ2n) is 5.04. The monoisotopic (exact) mass is 293 g/mol. The number of carboxylic acids is 1. The Labute approximate surface area is 125 Å². The summed E-state index contributed by atoms with van der Waals surface area (Å²) >= 11 is 0. The Bertz CT molecular complexity index is 433. The van der Waals surface area contributed by atoms with Crippen molar-refractivity contribution in [3.63, 3.8) is 0 Å². The van der Waals surface area contributed by atoms with Crippen LogP contribution >= 0.6 is 0 Å². The standard InChI is InChI=1S/C16H23NO4/c18-14(10-6-9-13-7-2-1-3-8-13)16(21)17-12-5-4-11-15(19)20/h1-3,7-8,14,18H,4-6,9-12H2,(H,17,21)(H,19,20). The molecule has 1 amide bonds. The first kappa shape index (κ1) is 17.2. The van der Waals surface area contributed by atoms with Gasteiger partial charge in [-0.25, -0.2) is 0 Å². The Kier molecular flexibility index (Phi) is 8.12. The minimum absolute atomic E-state index is 0.107. The Hall–Kier alpha value is -1.88. The fourth-order valence-corrected chi connectivity index (χ4v) is 2.01. The maximum atomic E-state index is 11.6. The summed E-state index contributed by atoms with van der Waals surface area (Å²) in [4.78, 5) is 21.9. The topological polar surface area (TPSA) is 86.6 Å². The number of hydrogen-bond donors (Lipinski definition) is 3. The molecular formula is C16H23NO4. The summed E-state index contributed by atoms with van der Waals surface area (Å²) in [6.07, 6.45) is 2.26. The molecule has 0 aromatic heterocycles. The molecule has 1 rings (SSSR count). The number of hydrogen-bond acceptors (Lipinski definition) is 3. The SMILES string of the molecule is O=C(O)CCCCNC(=O)C(O)CCCc1ccccc1. The van der Waals surface area contributed by atoms with Gasteiger partial charge in [-0.05, 0) is 37.7 Å². The van der Waals surface area contributed by atoms with Crippen LogP contribution in [-0.2, 0) is 16.0 Å². The van der Waals surface area contributed by atoms with Crippen molar-refractivity contribution in [2.24, 2.45) is 0 Å². The normalized spacial score (nSPS) is 11.9. The Morgan fingerprint density at radius 3 is 2.48 bits per heavy atom. The maximum absolute atomic E-state index is 11.6. The molecule has 116 valence electrons. The van der Waals surface area contributed by atoms with E-state index in [4.69, 9.17) is 5.11 Å². The van der Waals surface area contributed by atoms with Crippen LogP contribution in [0.5, 0.6) is 0 Å². The highest BCUT2D eigenvalue weighted by Gasteiger charge is 2.13. The quantitative estimate of drug-likeness (QED) is 0.573. The molecule has 1 aromatic carbocycles. The van der Waals surface area contributed by atoms with Crippen molar-refractivity contribution in [2.45, 2.75) is 44.6 Å². The molecule has 1 aromatic rings. The lowest BCUT2D eigenvalue weighted by Gasteiger charge is -2.11. The average molecular weight is 293 g/mol. The molecule has 0 radical (unpaired) electrons. The van der Waals surface area contributed by atoms with Crippen molar-refractivity contribution in [3.8, 4) is 0 Å². The highest BCUT2D eigenvalue weighted by Crippen LogP contribution is 2.06. The summed E-state index contributed by atoms with van der Waals surface area (Å²) in [6.45, 7) is 0.405. The number of amides is 1. The molecule has 0 spiro atoms. The molecule has 0 fully saturated rings. The van der Waals surface area contributed by atoms with E-state index in [1.54, 1.807) is 0 Å². The number of aryl methyl sites for hydroxylation is 1. The van der Waals surface area contributed by atoms with E-state index >= 15 is 0 Å². The van der Waals surface area contributed by atoms with Gasteiger partial charge < -0.3 is 15.5 Å². The van der Waals surface area contributed by atoms with Gasteiger partial charge in [0.15, 0.2) is 0 Å². The summed E-state index contributed by atoms with van der Waals surface area (Å²) in [6, 6.07) is 9.94. The van der Waals surface area contributed by atoms with Crippen LogP contribution in [0.4, 0.5) is 0 Å². The largest absolute Gasteiger partial charge is 0.481 e. The second-order valence-corrected chi connectivity index (χ2v) is 5.04. The highest BCUT2D eigenvalue weighted by molar-refractivity contribution is 5.80. The first-order chi connectivity index (χ1) is 10.1. The number of rotatable bonds is 10. The summed E-state index contributed by atoms with van der Waals surface area (Å²) in [5.74, 6) is -1.21. The van der Waals surface area contributed by atoms with Crippen LogP contribution in [0.15, 0.2) is 30.3 Å². The van der Waals surface area contributed by atoms with E-state index in [1.165, 1.54) is 5.56 Å². The number of unbranched alkanes of at least 4 members (excludes halogenated alkanes) is 1. The molecule has 0 saturated carbocycles. The molecule has 1 unspecified atom stereocenters. The first-order valence-corrected chi connectivity index (χ1v) is 7.31. The first-order valence-electron chi connectivity index (χ1n) is 7.31. The third kappa shape index (κ3) is 8.09. The van der Waals surface area contributed by atoms with Gasteiger partial charge in [-0.2, -0.15) is 0 Å².